The summed E-state index contributed by atoms with van der Waals surface area (Å²) >= 11 is 5.24. The van der Waals surface area contributed by atoms with Crippen LogP contribution in [-0.2, 0) is 11.3 Å². The van der Waals surface area contributed by atoms with E-state index in [2.05, 4.69) is 46.2 Å². The van der Waals surface area contributed by atoms with Crippen LogP contribution in [0.5, 0.6) is 0 Å². The van der Waals surface area contributed by atoms with Crippen LogP contribution in [0.1, 0.15) is 31.7 Å². The molecule has 6 heteroatoms. The van der Waals surface area contributed by atoms with E-state index in [1.807, 2.05) is 6.92 Å². The number of hydrogen-bond donors (Lipinski definition) is 3. The molecule has 0 spiro atoms. The third-order valence-electron chi connectivity index (χ3n) is 4.10. The van der Waals surface area contributed by atoms with Crippen LogP contribution in [0.4, 0.5) is 0 Å². The SMILES string of the molecule is CCOCCCNC(=S)NN=C1CC[NH+](Cc2ccccc2)CC1. The van der Waals surface area contributed by atoms with Gasteiger partial charge in [-0.1, -0.05) is 30.3 Å². The molecule has 0 saturated carbocycles. The van der Waals surface area contributed by atoms with Gasteiger partial charge in [-0.15, -0.1) is 0 Å². The van der Waals surface area contributed by atoms with E-state index in [1.165, 1.54) is 11.3 Å². The summed E-state index contributed by atoms with van der Waals surface area (Å²) in [5.74, 6) is 0. The van der Waals surface area contributed by atoms with Crippen molar-refractivity contribution in [1.29, 1.82) is 0 Å². The number of quaternary nitrogens is 1. The summed E-state index contributed by atoms with van der Waals surface area (Å²) < 4.78 is 5.29. The monoisotopic (exact) mass is 349 g/mol. The van der Waals surface area contributed by atoms with E-state index in [9.17, 15) is 0 Å². The molecule has 1 fully saturated rings. The first-order chi connectivity index (χ1) is 11.8. The lowest BCUT2D eigenvalue weighted by molar-refractivity contribution is -0.914. The Hall–Kier alpha value is -1.50. The molecule has 0 atom stereocenters. The lowest BCUT2D eigenvalue weighted by Crippen LogP contribution is -3.11. The highest BCUT2D eigenvalue weighted by Gasteiger charge is 2.18. The summed E-state index contributed by atoms with van der Waals surface area (Å²) in [5.41, 5.74) is 5.59. The Morgan fingerprint density at radius 2 is 2.00 bits per heavy atom. The Balaban J connectivity index is 1.61. The predicted molar refractivity (Wildman–Crippen MR) is 102 cm³/mol. The average Bonchev–Trinajstić information content (AvgIpc) is 2.62. The van der Waals surface area contributed by atoms with Crippen molar-refractivity contribution in [2.75, 3.05) is 32.8 Å². The summed E-state index contributed by atoms with van der Waals surface area (Å²) in [7, 11) is 0. The van der Waals surface area contributed by atoms with Gasteiger partial charge in [0, 0.05) is 43.9 Å². The minimum Gasteiger partial charge on any atom is -0.382 e. The van der Waals surface area contributed by atoms with Crippen LogP contribution in [-0.4, -0.2) is 43.7 Å². The number of nitrogens with one attached hydrogen (secondary N) is 3. The quantitative estimate of drug-likeness (QED) is 0.374. The Labute approximate surface area is 150 Å². The number of thiocarbonyl (C=S) groups is 1. The van der Waals surface area contributed by atoms with E-state index in [4.69, 9.17) is 17.0 Å². The largest absolute Gasteiger partial charge is 0.382 e. The molecular weight excluding hydrogens is 320 g/mol. The molecule has 0 amide bonds. The van der Waals surface area contributed by atoms with Gasteiger partial charge >= 0.3 is 0 Å². The summed E-state index contributed by atoms with van der Waals surface area (Å²) in [6, 6.07) is 10.7. The number of rotatable bonds is 8. The van der Waals surface area contributed by atoms with Crippen molar-refractivity contribution in [3.8, 4) is 0 Å². The molecule has 0 bridgehead atoms. The van der Waals surface area contributed by atoms with Gasteiger partial charge < -0.3 is 15.0 Å². The van der Waals surface area contributed by atoms with Crippen LogP contribution in [0, 0.1) is 0 Å². The highest BCUT2D eigenvalue weighted by atomic mass is 32.1. The minimum absolute atomic E-state index is 0.595. The molecule has 132 valence electrons. The normalized spacial score (nSPS) is 17.4. The van der Waals surface area contributed by atoms with Crippen LogP contribution >= 0.6 is 12.2 Å². The van der Waals surface area contributed by atoms with E-state index in [-0.39, 0.29) is 0 Å². The zero-order valence-corrected chi connectivity index (χ0v) is 15.3. The van der Waals surface area contributed by atoms with Crippen molar-refractivity contribution in [2.45, 2.75) is 32.7 Å². The highest BCUT2D eigenvalue weighted by molar-refractivity contribution is 7.80. The number of likely N-dealkylation sites (tertiary alicyclic amines) is 1. The third kappa shape index (κ3) is 7.38. The van der Waals surface area contributed by atoms with E-state index in [0.29, 0.717) is 5.11 Å². The molecule has 0 aromatic heterocycles. The molecule has 1 aliphatic rings. The van der Waals surface area contributed by atoms with Crippen molar-refractivity contribution in [3.63, 3.8) is 0 Å². The Kier molecular flexibility index (Phi) is 8.73. The standard InChI is InChI=1S/C18H28N4OS/c1-2-23-14-6-11-19-18(24)21-20-17-9-12-22(13-10-17)15-16-7-4-3-5-8-16/h3-5,7-8H,2,6,9-15H2,1H3,(H2,19,21,24)/p+1. The van der Waals surface area contributed by atoms with Gasteiger partial charge in [-0.05, 0) is 25.6 Å². The lowest BCUT2D eigenvalue weighted by atomic mass is 10.1. The summed E-state index contributed by atoms with van der Waals surface area (Å²) in [4.78, 5) is 1.62. The Morgan fingerprint density at radius 3 is 2.71 bits per heavy atom. The number of hydrogen-bond acceptors (Lipinski definition) is 3. The molecule has 1 aliphatic heterocycles. The molecule has 1 heterocycles. The molecule has 2 rings (SSSR count). The second-order valence-electron chi connectivity index (χ2n) is 6.01. The molecule has 3 N–H and O–H groups in total. The summed E-state index contributed by atoms with van der Waals surface area (Å²) in [6.07, 6.45) is 3.01. The van der Waals surface area contributed by atoms with Crippen molar-refractivity contribution in [3.05, 3.63) is 35.9 Å². The molecule has 5 nitrogen and oxygen atoms in total. The fourth-order valence-corrected chi connectivity index (χ4v) is 2.90. The van der Waals surface area contributed by atoms with Gasteiger partial charge in [0.2, 0.25) is 0 Å². The number of piperidine rings is 1. The zero-order chi connectivity index (χ0) is 17.0. The summed E-state index contributed by atoms with van der Waals surface area (Å²) in [6.45, 7) is 7.70. The first-order valence-electron chi connectivity index (χ1n) is 8.82. The van der Waals surface area contributed by atoms with Crippen molar-refractivity contribution >= 4 is 23.0 Å². The molecule has 0 aliphatic carbocycles. The van der Waals surface area contributed by atoms with Crippen LogP contribution in [0.2, 0.25) is 0 Å². The third-order valence-corrected chi connectivity index (χ3v) is 4.34. The predicted octanol–water partition coefficient (Wildman–Crippen LogP) is 1.11. The Morgan fingerprint density at radius 1 is 1.25 bits per heavy atom. The van der Waals surface area contributed by atoms with E-state index in [1.54, 1.807) is 4.90 Å². The minimum atomic E-state index is 0.595. The maximum absolute atomic E-state index is 5.29. The molecule has 1 aromatic rings. The molecule has 0 radical (unpaired) electrons. The molecule has 1 aromatic carbocycles. The summed E-state index contributed by atoms with van der Waals surface area (Å²) in [5, 5.41) is 8.20. The first-order valence-corrected chi connectivity index (χ1v) is 9.23. The van der Waals surface area contributed by atoms with E-state index in [0.717, 1.165) is 58.7 Å². The highest BCUT2D eigenvalue weighted by Crippen LogP contribution is 1.99. The number of benzene rings is 1. The van der Waals surface area contributed by atoms with Crippen LogP contribution < -0.4 is 15.6 Å². The molecule has 24 heavy (non-hydrogen) atoms. The fraction of sp³-hybridized carbons (Fsp3) is 0.556. The second kappa shape index (κ2) is 11.1. The van der Waals surface area contributed by atoms with Crippen LogP contribution in [0.25, 0.3) is 0 Å². The van der Waals surface area contributed by atoms with Gasteiger partial charge in [-0.2, -0.15) is 5.10 Å². The van der Waals surface area contributed by atoms with Gasteiger partial charge in [0.1, 0.15) is 6.54 Å². The fourth-order valence-electron chi connectivity index (χ4n) is 2.76. The van der Waals surface area contributed by atoms with E-state index < -0.39 is 0 Å². The average molecular weight is 350 g/mol. The topological polar surface area (TPSA) is 50.1 Å². The molecule has 0 unspecified atom stereocenters. The first kappa shape index (κ1) is 18.8. The Bertz CT molecular complexity index is 511. The maximum Gasteiger partial charge on any atom is 0.186 e. The molecule has 1 saturated heterocycles. The van der Waals surface area contributed by atoms with Crippen LogP contribution in [0.15, 0.2) is 35.4 Å². The lowest BCUT2D eigenvalue weighted by Gasteiger charge is -2.24. The van der Waals surface area contributed by atoms with Gasteiger partial charge in [-0.3, -0.25) is 5.43 Å². The number of nitrogens with zero attached hydrogens (tertiary/aromatic N) is 1. The second-order valence-corrected chi connectivity index (χ2v) is 6.42. The maximum atomic E-state index is 5.29. The van der Waals surface area contributed by atoms with Crippen molar-refractivity contribution in [2.24, 2.45) is 5.10 Å². The number of ether oxygens (including phenoxy) is 1. The number of hydrazone groups is 1. The van der Waals surface area contributed by atoms with Gasteiger partial charge in [-0.25, -0.2) is 0 Å². The zero-order valence-electron chi connectivity index (χ0n) is 14.5. The van der Waals surface area contributed by atoms with E-state index >= 15 is 0 Å². The smallest absolute Gasteiger partial charge is 0.186 e. The van der Waals surface area contributed by atoms with Crippen LogP contribution in [0.3, 0.4) is 0 Å². The van der Waals surface area contributed by atoms with Crippen molar-refractivity contribution in [1.82, 2.24) is 10.7 Å². The van der Waals surface area contributed by atoms with Gasteiger partial charge in [0.25, 0.3) is 0 Å². The van der Waals surface area contributed by atoms with Gasteiger partial charge in [0.05, 0.1) is 13.1 Å². The van der Waals surface area contributed by atoms with Gasteiger partial charge in [0.15, 0.2) is 5.11 Å². The van der Waals surface area contributed by atoms with Crippen molar-refractivity contribution < 1.29 is 9.64 Å². The molecular formula is C18H29N4OS+.